The fourth-order valence-corrected chi connectivity index (χ4v) is 4.39. The summed E-state index contributed by atoms with van der Waals surface area (Å²) in [5.74, 6) is -1.25. The van der Waals surface area contributed by atoms with Gasteiger partial charge in [-0.2, -0.15) is 11.3 Å². The minimum atomic E-state index is -0.630. The summed E-state index contributed by atoms with van der Waals surface area (Å²) in [4.78, 5) is 38.1. The molecule has 1 amide bonds. The fourth-order valence-electron chi connectivity index (χ4n) is 2.55. The quantitative estimate of drug-likeness (QED) is 0.609. The molecule has 0 spiro atoms. The first-order valence-corrected chi connectivity index (χ1v) is 11.4. The van der Waals surface area contributed by atoms with Gasteiger partial charge in [-0.25, -0.2) is 4.39 Å². The van der Waals surface area contributed by atoms with Gasteiger partial charge in [0, 0.05) is 17.2 Å². The Bertz CT molecular complexity index is 1300. The van der Waals surface area contributed by atoms with Crippen LogP contribution in [0.5, 0.6) is 0 Å². The van der Waals surface area contributed by atoms with Gasteiger partial charge in [0.2, 0.25) is 5.91 Å². The summed E-state index contributed by atoms with van der Waals surface area (Å²) >= 11 is 8.41. The molecule has 3 aromatic rings. The average molecular weight is 479 g/mol. The molecule has 0 saturated heterocycles. The Morgan fingerprint density at radius 2 is 2.00 bits per heavy atom. The molecule has 2 heterocycles. The third-order valence-electron chi connectivity index (χ3n) is 4.28. The van der Waals surface area contributed by atoms with Gasteiger partial charge in [0.1, 0.15) is 17.0 Å². The van der Waals surface area contributed by atoms with Gasteiger partial charge in [0.25, 0.3) is 5.56 Å². The maximum Gasteiger partial charge on any atom is 0.269 e. The minimum absolute atomic E-state index is 0.122. The highest BCUT2D eigenvalue weighted by Gasteiger charge is 2.20. The van der Waals surface area contributed by atoms with Crippen LogP contribution in [0.2, 0.25) is 5.02 Å². The van der Waals surface area contributed by atoms with Crippen LogP contribution in [0.15, 0.2) is 39.8 Å². The number of nitrogens with zero attached hydrogens (tertiary/aromatic N) is 1. The Labute approximate surface area is 191 Å². The van der Waals surface area contributed by atoms with E-state index >= 15 is 0 Å². The van der Waals surface area contributed by atoms with Gasteiger partial charge < -0.3 is 5.32 Å². The zero-order valence-corrected chi connectivity index (χ0v) is 19.5. The average Bonchev–Trinajstić information content (AvgIpc) is 3.28. The number of anilines is 1. The lowest BCUT2D eigenvalue weighted by atomic mass is 9.91. The number of carbonyl (C=O) groups is 2. The molecular weight excluding hydrogens is 459 g/mol. The van der Waals surface area contributed by atoms with E-state index in [0.717, 1.165) is 23.0 Å². The molecule has 0 bridgehead atoms. The Morgan fingerprint density at radius 1 is 1.26 bits per heavy atom. The SMILES string of the molecule is CC(C)(C)C(=O)/C=c1\s/c(=C/c2ccsc2)c(=O)n1CC(=O)Nc1ccc(F)c(Cl)c1. The molecule has 0 atom stereocenters. The van der Waals surface area contributed by atoms with E-state index in [9.17, 15) is 18.8 Å². The molecule has 9 heteroatoms. The molecule has 5 nitrogen and oxygen atoms in total. The number of aromatic nitrogens is 1. The minimum Gasteiger partial charge on any atom is -0.324 e. The van der Waals surface area contributed by atoms with Crippen LogP contribution in [0, 0.1) is 11.2 Å². The zero-order chi connectivity index (χ0) is 22.8. The van der Waals surface area contributed by atoms with E-state index in [1.165, 1.54) is 34.1 Å². The Kier molecular flexibility index (Phi) is 6.93. The molecule has 1 N–H and O–H groups in total. The Hall–Kier alpha value is -2.55. The summed E-state index contributed by atoms with van der Waals surface area (Å²) in [6, 6.07) is 5.69. The molecule has 162 valence electrons. The topological polar surface area (TPSA) is 68.2 Å². The molecule has 0 fully saturated rings. The predicted octanol–water partition coefficient (Wildman–Crippen LogP) is 3.63. The molecule has 0 saturated carbocycles. The molecule has 2 aromatic heterocycles. The van der Waals surface area contributed by atoms with Crippen LogP contribution in [0.1, 0.15) is 26.3 Å². The molecule has 0 unspecified atom stereocenters. The molecular formula is C22H20ClFN2O3S2. The number of thiophene rings is 1. The molecule has 1 aromatic carbocycles. The maximum atomic E-state index is 13.3. The third kappa shape index (κ3) is 5.78. The van der Waals surface area contributed by atoms with E-state index < -0.39 is 17.1 Å². The Balaban J connectivity index is 2.01. The third-order valence-corrected chi connectivity index (χ3v) is 6.33. The molecule has 0 aliphatic heterocycles. The zero-order valence-electron chi connectivity index (χ0n) is 17.1. The summed E-state index contributed by atoms with van der Waals surface area (Å²) < 4.78 is 15.4. The van der Waals surface area contributed by atoms with Crippen LogP contribution >= 0.6 is 34.3 Å². The number of carbonyl (C=O) groups excluding carboxylic acids is 2. The highest BCUT2D eigenvalue weighted by molar-refractivity contribution is 7.08. The van der Waals surface area contributed by atoms with Gasteiger partial charge in [-0.3, -0.25) is 19.0 Å². The van der Waals surface area contributed by atoms with Crippen LogP contribution < -0.4 is 20.1 Å². The second-order valence-electron chi connectivity index (χ2n) is 7.83. The lowest BCUT2D eigenvalue weighted by Gasteiger charge is -2.13. The van der Waals surface area contributed by atoms with Crippen LogP contribution in [-0.4, -0.2) is 16.3 Å². The number of rotatable bonds is 5. The van der Waals surface area contributed by atoms with E-state index in [2.05, 4.69) is 5.32 Å². The van der Waals surface area contributed by atoms with Crippen LogP contribution in [0.3, 0.4) is 0 Å². The summed E-state index contributed by atoms with van der Waals surface area (Å²) in [6.45, 7) is 5.05. The fraction of sp³-hybridized carbons (Fsp3) is 0.227. The lowest BCUT2D eigenvalue weighted by molar-refractivity contribution is -0.120. The molecule has 0 aliphatic rings. The Morgan fingerprint density at radius 3 is 2.61 bits per heavy atom. The van der Waals surface area contributed by atoms with Crippen molar-refractivity contribution in [2.24, 2.45) is 5.41 Å². The van der Waals surface area contributed by atoms with Crippen LogP contribution in [0.25, 0.3) is 12.2 Å². The standard InChI is InChI=1S/C22H20ClFN2O3S2/c1-22(2,3)18(27)10-20-26(21(29)17(31-20)8-13-6-7-30-12-13)11-19(28)25-14-4-5-16(24)15(23)9-14/h4-10,12H,11H2,1-3H3,(H,25,28)/b17-8+,20-10-. The van der Waals surface area contributed by atoms with Gasteiger partial charge in [-0.15, -0.1) is 11.3 Å². The van der Waals surface area contributed by atoms with Crippen molar-refractivity contribution in [1.82, 2.24) is 4.57 Å². The lowest BCUT2D eigenvalue weighted by Crippen LogP contribution is -2.36. The van der Waals surface area contributed by atoms with E-state index in [-0.39, 0.29) is 22.9 Å². The molecule has 3 rings (SSSR count). The smallest absolute Gasteiger partial charge is 0.269 e. The first-order chi connectivity index (χ1) is 14.5. The van der Waals surface area contributed by atoms with Crippen molar-refractivity contribution in [3.63, 3.8) is 0 Å². The van der Waals surface area contributed by atoms with E-state index in [1.807, 2.05) is 16.8 Å². The summed E-state index contributed by atoms with van der Waals surface area (Å²) in [7, 11) is 0. The van der Waals surface area contributed by atoms with Crippen molar-refractivity contribution in [3.05, 3.63) is 71.0 Å². The number of ketones is 1. The number of hydrogen-bond donors (Lipinski definition) is 1. The number of nitrogens with one attached hydrogen (secondary N) is 1. The number of halogens is 2. The van der Waals surface area contributed by atoms with Crippen molar-refractivity contribution in [3.8, 4) is 0 Å². The van der Waals surface area contributed by atoms with Crippen molar-refractivity contribution in [2.75, 3.05) is 5.32 Å². The molecule has 0 radical (unpaired) electrons. The van der Waals surface area contributed by atoms with Gasteiger partial charge in [-0.05, 0) is 46.7 Å². The first-order valence-electron chi connectivity index (χ1n) is 9.29. The number of Topliss-reactive ketones (excluding diaryl/α,β-unsaturated/α-hetero) is 1. The van der Waals surface area contributed by atoms with Crippen LogP contribution in [0.4, 0.5) is 10.1 Å². The van der Waals surface area contributed by atoms with Gasteiger partial charge >= 0.3 is 0 Å². The number of amides is 1. The second kappa shape index (κ2) is 9.30. The largest absolute Gasteiger partial charge is 0.324 e. The van der Waals surface area contributed by atoms with E-state index in [4.69, 9.17) is 11.6 Å². The summed E-state index contributed by atoms with van der Waals surface area (Å²) in [5.41, 5.74) is 0.182. The summed E-state index contributed by atoms with van der Waals surface area (Å²) in [5, 5.41) is 6.28. The highest BCUT2D eigenvalue weighted by atomic mass is 35.5. The van der Waals surface area contributed by atoms with Gasteiger partial charge in [0.15, 0.2) is 5.78 Å². The summed E-state index contributed by atoms with van der Waals surface area (Å²) in [6.07, 6.45) is 3.13. The van der Waals surface area contributed by atoms with Crippen molar-refractivity contribution in [2.45, 2.75) is 27.3 Å². The predicted molar refractivity (Wildman–Crippen MR) is 125 cm³/mol. The maximum absolute atomic E-state index is 13.3. The first kappa shape index (κ1) is 23.1. The highest BCUT2D eigenvalue weighted by Crippen LogP contribution is 2.19. The second-order valence-corrected chi connectivity index (χ2v) is 10.1. The monoisotopic (exact) mass is 478 g/mol. The number of hydrogen-bond acceptors (Lipinski definition) is 5. The van der Waals surface area contributed by atoms with Gasteiger partial charge in [0.05, 0.1) is 9.55 Å². The van der Waals surface area contributed by atoms with E-state index in [1.54, 1.807) is 26.8 Å². The van der Waals surface area contributed by atoms with Crippen molar-refractivity contribution in [1.29, 1.82) is 0 Å². The normalized spacial score (nSPS) is 12.9. The molecule has 0 aliphatic carbocycles. The van der Waals surface area contributed by atoms with E-state index in [0.29, 0.717) is 14.9 Å². The molecule has 31 heavy (non-hydrogen) atoms. The van der Waals surface area contributed by atoms with Crippen LogP contribution in [-0.2, 0) is 16.1 Å². The van der Waals surface area contributed by atoms with Crippen molar-refractivity contribution >= 4 is 63.8 Å². The van der Waals surface area contributed by atoms with Gasteiger partial charge in [-0.1, -0.05) is 32.4 Å². The van der Waals surface area contributed by atoms with Crippen molar-refractivity contribution < 1.29 is 14.0 Å². The number of benzene rings is 1. The number of thiazole rings is 1.